The van der Waals surface area contributed by atoms with Gasteiger partial charge in [-0.25, -0.2) is 4.98 Å². The Morgan fingerprint density at radius 1 is 1.36 bits per heavy atom. The highest BCUT2D eigenvalue weighted by Gasteiger charge is 2.37. The molecule has 116 valence electrons. The Morgan fingerprint density at radius 2 is 2.23 bits per heavy atom. The lowest BCUT2D eigenvalue weighted by Gasteiger charge is -2.43. The smallest absolute Gasteiger partial charge is 0.274 e. The van der Waals surface area contributed by atoms with E-state index in [1.165, 1.54) is 12.8 Å². The number of carbonyl (C=O) groups is 1. The predicted octanol–water partition coefficient (Wildman–Crippen LogP) is 2.43. The molecule has 1 aliphatic heterocycles. The second kappa shape index (κ2) is 5.39. The predicted molar refractivity (Wildman–Crippen MR) is 83.0 cm³/mol. The van der Waals surface area contributed by atoms with Crippen LogP contribution in [0.4, 0.5) is 0 Å². The van der Waals surface area contributed by atoms with Gasteiger partial charge in [-0.05, 0) is 37.5 Å². The zero-order valence-electron chi connectivity index (χ0n) is 12.9. The van der Waals surface area contributed by atoms with Gasteiger partial charge in [-0.15, -0.1) is 0 Å². The summed E-state index contributed by atoms with van der Waals surface area (Å²) in [6.07, 6.45) is 8.50. The van der Waals surface area contributed by atoms with Gasteiger partial charge in [0.15, 0.2) is 0 Å². The molecule has 2 aliphatic rings. The van der Waals surface area contributed by atoms with Crippen molar-refractivity contribution >= 4 is 11.6 Å². The summed E-state index contributed by atoms with van der Waals surface area (Å²) < 4.78 is 7.77. The summed E-state index contributed by atoms with van der Waals surface area (Å²) in [6.45, 7) is 3.34. The SMILES string of the molecule is Cc1ccn2cc(C(=O)N3CCO[C@@H]4CCCC[C@H]43)nc2c1. The molecule has 1 aliphatic carbocycles. The second-order valence-corrected chi connectivity index (χ2v) is 6.36. The van der Waals surface area contributed by atoms with Crippen LogP contribution in [0.25, 0.3) is 5.65 Å². The van der Waals surface area contributed by atoms with Crippen molar-refractivity contribution in [2.45, 2.75) is 44.8 Å². The first-order valence-electron chi connectivity index (χ1n) is 8.10. The van der Waals surface area contributed by atoms with Crippen molar-refractivity contribution in [1.29, 1.82) is 0 Å². The molecule has 2 aromatic rings. The third-order valence-electron chi connectivity index (χ3n) is 4.83. The van der Waals surface area contributed by atoms with Gasteiger partial charge in [-0.2, -0.15) is 0 Å². The molecule has 1 amide bonds. The molecule has 1 saturated carbocycles. The van der Waals surface area contributed by atoms with Gasteiger partial charge in [0, 0.05) is 18.9 Å². The molecule has 0 aromatic carbocycles. The second-order valence-electron chi connectivity index (χ2n) is 6.36. The number of pyridine rings is 1. The van der Waals surface area contributed by atoms with E-state index < -0.39 is 0 Å². The maximum Gasteiger partial charge on any atom is 0.274 e. The van der Waals surface area contributed by atoms with Crippen molar-refractivity contribution < 1.29 is 9.53 Å². The fourth-order valence-electron chi connectivity index (χ4n) is 3.68. The average molecular weight is 299 g/mol. The number of carbonyl (C=O) groups excluding carboxylic acids is 1. The van der Waals surface area contributed by atoms with E-state index in [0.29, 0.717) is 18.8 Å². The summed E-state index contributed by atoms with van der Waals surface area (Å²) in [5.74, 6) is 0.0431. The van der Waals surface area contributed by atoms with Crippen LogP contribution in [-0.2, 0) is 4.74 Å². The molecular formula is C17H21N3O2. The lowest BCUT2D eigenvalue weighted by Crippen LogP contribution is -2.54. The van der Waals surface area contributed by atoms with E-state index in [2.05, 4.69) is 4.98 Å². The van der Waals surface area contributed by atoms with Gasteiger partial charge >= 0.3 is 0 Å². The molecular weight excluding hydrogens is 278 g/mol. The Balaban J connectivity index is 1.64. The van der Waals surface area contributed by atoms with E-state index in [0.717, 1.165) is 24.1 Å². The lowest BCUT2D eigenvalue weighted by molar-refractivity contribution is -0.0754. The minimum Gasteiger partial charge on any atom is -0.374 e. The molecule has 0 bridgehead atoms. The highest BCUT2D eigenvalue weighted by molar-refractivity contribution is 5.93. The Bertz CT molecular complexity index is 707. The average Bonchev–Trinajstić information content (AvgIpc) is 2.96. The molecule has 5 heteroatoms. The third kappa shape index (κ3) is 2.29. The maximum absolute atomic E-state index is 12.9. The first-order valence-corrected chi connectivity index (χ1v) is 8.10. The lowest BCUT2D eigenvalue weighted by atomic mass is 9.90. The topological polar surface area (TPSA) is 46.8 Å². The van der Waals surface area contributed by atoms with Crippen LogP contribution in [0.15, 0.2) is 24.5 Å². The Labute approximate surface area is 129 Å². The van der Waals surface area contributed by atoms with Crippen LogP contribution in [0, 0.1) is 6.92 Å². The van der Waals surface area contributed by atoms with Crippen LogP contribution in [-0.4, -0.2) is 45.5 Å². The Morgan fingerprint density at radius 3 is 3.14 bits per heavy atom. The van der Waals surface area contributed by atoms with E-state index in [1.807, 2.05) is 40.8 Å². The monoisotopic (exact) mass is 299 g/mol. The van der Waals surface area contributed by atoms with Crippen molar-refractivity contribution in [2.75, 3.05) is 13.2 Å². The maximum atomic E-state index is 12.9. The normalized spacial score (nSPS) is 25.2. The highest BCUT2D eigenvalue weighted by atomic mass is 16.5. The van der Waals surface area contributed by atoms with Gasteiger partial charge in [0.2, 0.25) is 0 Å². The van der Waals surface area contributed by atoms with Crippen molar-refractivity contribution in [3.63, 3.8) is 0 Å². The van der Waals surface area contributed by atoms with Gasteiger partial charge in [-0.1, -0.05) is 12.8 Å². The molecule has 2 fully saturated rings. The van der Waals surface area contributed by atoms with Crippen molar-refractivity contribution in [3.05, 3.63) is 35.8 Å². The van der Waals surface area contributed by atoms with Crippen LogP contribution in [0.3, 0.4) is 0 Å². The van der Waals surface area contributed by atoms with E-state index in [9.17, 15) is 4.79 Å². The number of imidazole rings is 1. The highest BCUT2D eigenvalue weighted by Crippen LogP contribution is 2.29. The number of fused-ring (bicyclic) bond motifs is 2. The molecule has 4 rings (SSSR count). The number of morpholine rings is 1. The Hall–Kier alpha value is -1.88. The molecule has 0 spiro atoms. The number of nitrogens with zero attached hydrogens (tertiary/aromatic N) is 3. The number of ether oxygens (including phenoxy) is 1. The van der Waals surface area contributed by atoms with Crippen molar-refractivity contribution in [3.8, 4) is 0 Å². The number of aromatic nitrogens is 2. The molecule has 0 radical (unpaired) electrons. The fraction of sp³-hybridized carbons (Fsp3) is 0.529. The van der Waals surface area contributed by atoms with E-state index in [-0.39, 0.29) is 18.1 Å². The summed E-state index contributed by atoms with van der Waals surface area (Å²) in [6, 6.07) is 4.25. The van der Waals surface area contributed by atoms with Crippen LogP contribution < -0.4 is 0 Å². The molecule has 22 heavy (non-hydrogen) atoms. The molecule has 2 atom stereocenters. The van der Waals surface area contributed by atoms with Gasteiger partial charge in [0.25, 0.3) is 5.91 Å². The number of amides is 1. The zero-order chi connectivity index (χ0) is 15.1. The van der Waals surface area contributed by atoms with E-state index in [4.69, 9.17) is 4.74 Å². The van der Waals surface area contributed by atoms with Gasteiger partial charge in [0.1, 0.15) is 11.3 Å². The number of hydrogen-bond donors (Lipinski definition) is 0. The molecule has 1 saturated heterocycles. The van der Waals surface area contributed by atoms with Crippen LogP contribution in [0.5, 0.6) is 0 Å². The number of rotatable bonds is 1. The summed E-state index contributed by atoms with van der Waals surface area (Å²) in [7, 11) is 0. The fourth-order valence-corrected chi connectivity index (χ4v) is 3.68. The summed E-state index contributed by atoms with van der Waals surface area (Å²) in [5, 5.41) is 0. The number of aryl methyl sites for hydroxylation is 1. The third-order valence-corrected chi connectivity index (χ3v) is 4.83. The minimum absolute atomic E-state index is 0.0431. The standard InChI is InChI=1S/C17H21N3O2/c1-12-6-7-19-11-13(18-16(19)10-12)17(21)20-8-9-22-15-5-3-2-4-14(15)20/h6-7,10-11,14-15H,2-5,8-9H2,1H3/t14-,15-/m1/s1. The molecule has 0 N–H and O–H groups in total. The van der Waals surface area contributed by atoms with Gasteiger partial charge < -0.3 is 14.0 Å². The van der Waals surface area contributed by atoms with Gasteiger partial charge in [-0.3, -0.25) is 4.79 Å². The van der Waals surface area contributed by atoms with E-state index in [1.54, 1.807) is 0 Å². The van der Waals surface area contributed by atoms with Crippen molar-refractivity contribution in [1.82, 2.24) is 14.3 Å². The summed E-state index contributed by atoms with van der Waals surface area (Å²) in [4.78, 5) is 19.4. The Kier molecular flexibility index (Phi) is 3.37. The van der Waals surface area contributed by atoms with Crippen LogP contribution >= 0.6 is 0 Å². The molecule has 5 nitrogen and oxygen atoms in total. The quantitative estimate of drug-likeness (QED) is 0.812. The van der Waals surface area contributed by atoms with Gasteiger partial charge in [0.05, 0.1) is 18.8 Å². The first-order chi connectivity index (χ1) is 10.7. The molecule has 0 unspecified atom stereocenters. The van der Waals surface area contributed by atoms with Crippen molar-refractivity contribution in [2.24, 2.45) is 0 Å². The minimum atomic E-state index is 0.0431. The summed E-state index contributed by atoms with van der Waals surface area (Å²) in [5.41, 5.74) is 2.52. The van der Waals surface area contributed by atoms with E-state index >= 15 is 0 Å². The molecule has 2 aromatic heterocycles. The molecule has 3 heterocycles. The first kappa shape index (κ1) is 13.8. The van der Waals surface area contributed by atoms with Crippen LogP contribution in [0.1, 0.15) is 41.7 Å². The zero-order valence-corrected chi connectivity index (χ0v) is 12.9. The number of hydrogen-bond acceptors (Lipinski definition) is 3. The summed E-state index contributed by atoms with van der Waals surface area (Å²) >= 11 is 0. The largest absolute Gasteiger partial charge is 0.374 e. The van der Waals surface area contributed by atoms with Crippen LogP contribution in [0.2, 0.25) is 0 Å².